The summed E-state index contributed by atoms with van der Waals surface area (Å²) in [6.07, 6.45) is 0. The predicted octanol–water partition coefficient (Wildman–Crippen LogP) is 3.87. The average Bonchev–Trinajstić information content (AvgIpc) is 2.64. The minimum Gasteiger partial charge on any atom is -0.465 e. The summed E-state index contributed by atoms with van der Waals surface area (Å²) in [6, 6.07) is 19.1. The molecule has 0 N–H and O–H groups in total. The van der Waals surface area contributed by atoms with E-state index >= 15 is 0 Å². The topological polar surface area (TPSA) is 48.3 Å². The molecule has 1 heterocycles. The van der Waals surface area contributed by atoms with Crippen LogP contribution in [0.5, 0.6) is 0 Å². The normalized spacial score (nSPS) is 11.2. The number of para-hydroxylation sites is 1. The molecule has 4 aromatic rings. The van der Waals surface area contributed by atoms with Gasteiger partial charge in [0.1, 0.15) is 6.54 Å². The molecule has 124 valence electrons. The SMILES string of the molecule is CCOC(=O)Cn1c2ccccc2c(=O)c2cc3ccccc3cc21. The lowest BCUT2D eigenvalue weighted by Gasteiger charge is -2.15. The molecule has 4 heteroatoms. The Morgan fingerprint density at radius 3 is 2.36 bits per heavy atom. The maximum Gasteiger partial charge on any atom is 0.325 e. The highest BCUT2D eigenvalue weighted by Crippen LogP contribution is 2.24. The smallest absolute Gasteiger partial charge is 0.325 e. The van der Waals surface area contributed by atoms with Crippen LogP contribution >= 0.6 is 0 Å². The molecule has 0 fully saturated rings. The van der Waals surface area contributed by atoms with E-state index in [4.69, 9.17) is 4.74 Å². The number of carbonyl (C=O) groups excluding carboxylic acids is 1. The number of esters is 1. The van der Waals surface area contributed by atoms with Gasteiger partial charge in [-0.3, -0.25) is 9.59 Å². The molecule has 4 rings (SSSR count). The van der Waals surface area contributed by atoms with Crippen LogP contribution in [-0.4, -0.2) is 17.1 Å². The summed E-state index contributed by atoms with van der Waals surface area (Å²) in [5, 5.41) is 3.25. The van der Waals surface area contributed by atoms with Crippen molar-refractivity contribution in [3.8, 4) is 0 Å². The first kappa shape index (κ1) is 15.4. The van der Waals surface area contributed by atoms with Gasteiger partial charge in [-0.2, -0.15) is 0 Å². The van der Waals surface area contributed by atoms with Gasteiger partial charge in [0, 0.05) is 10.8 Å². The van der Waals surface area contributed by atoms with Crippen molar-refractivity contribution in [1.29, 1.82) is 0 Å². The molecule has 4 nitrogen and oxygen atoms in total. The van der Waals surface area contributed by atoms with Crippen molar-refractivity contribution in [3.05, 3.63) is 70.9 Å². The molecular weight excluding hydrogens is 314 g/mol. The summed E-state index contributed by atoms with van der Waals surface area (Å²) in [6.45, 7) is 2.19. The Bertz CT molecular complexity index is 1170. The van der Waals surface area contributed by atoms with Crippen LogP contribution < -0.4 is 5.43 Å². The summed E-state index contributed by atoms with van der Waals surface area (Å²) in [5.74, 6) is -0.314. The lowest BCUT2D eigenvalue weighted by molar-refractivity contribution is -0.143. The zero-order valence-electron chi connectivity index (χ0n) is 13.9. The molecule has 0 saturated heterocycles. The van der Waals surface area contributed by atoms with Gasteiger partial charge in [-0.05, 0) is 42.0 Å². The van der Waals surface area contributed by atoms with E-state index < -0.39 is 0 Å². The maximum absolute atomic E-state index is 13.0. The molecule has 0 radical (unpaired) electrons. The zero-order valence-corrected chi connectivity index (χ0v) is 13.9. The molecule has 0 unspecified atom stereocenters. The fraction of sp³-hybridized carbons (Fsp3) is 0.143. The zero-order chi connectivity index (χ0) is 17.4. The van der Waals surface area contributed by atoms with Crippen LogP contribution in [0.4, 0.5) is 0 Å². The second-order valence-electron chi connectivity index (χ2n) is 5.95. The third-order valence-electron chi connectivity index (χ3n) is 4.43. The minimum atomic E-state index is -0.314. The molecular formula is C21H17NO3. The number of ether oxygens (including phenoxy) is 1. The van der Waals surface area contributed by atoms with Gasteiger partial charge in [0.15, 0.2) is 5.43 Å². The Morgan fingerprint density at radius 1 is 0.920 bits per heavy atom. The number of benzene rings is 3. The highest BCUT2D eigenvalue weighted by atomic mass is 16.5. The van der Waals surface area contributed by atoms with E-state index in [-0.39, 0.29) is 17.9 Å². The molecule has 25 heavy (non-hydrogen) atoms. The van der Waals surface area contributed by atoms with Gasteiger partial charge in [-0.25, -0.2) is 0 Å². The van der Waals surface area contributed by atoms with Crippen LogP contribution in [0.3, 0.4) is 0 Å². The van der Waals surface area contributed by atoms with Crippen LogP contribution in [0.15, 0.2) is 65.5 Å². The third kappa shape index (κ3) is 2.56. The summed E-state index contributed by atoms with van der Waals surface area (Å²) in [7, 11) is 0. The van der Waals surface area contributed by atoms with Gasteiger partial charge in [0.25, 0.3) is 0 Å². The van der Waals surface area contributed by atoms with Crippen molar-refractivity contribution >= 4 is 38.5 Å². The van der Waals surface area contributed by atoms with E-state index in [1.165, 1.54) is 0 Å². The standard InChI is InChI=1S/C21H17NO3/c1-2-25-20(23)13-22-18-10-6-5-9-16(18)21(24)17-11-14-7-3-4-8-15(14)12-19(17)22/h3-12H,2,13H2,1H3. The molecule has 0 amide bonds. The van der Waals surface area contributed by atoms with Crippen LogP contribution in [0.1, 0.15) is 6.92 Å². The summed E-state index contributed by atoms with van der Waals surface area (Å²) in [4.78, 5) is 25.1. The molecule has 0 bridgehead atoms. The van der Waals surface area contributed by atoms with E-state index in [0.717, 1.165) is 21.8 Å². The average molecular weight is 331 g/mol. The van der Waals surface area contributed by atoms with Crippen molar-refractivity contribution in [2.45, 2.75) is 13.5 Å². The monoisotopic (exact) mass is 331 g/mol. The number of rotatable bonds is 3. The highest BCUT2D eigenvalue weighted by molar-refractivity contribution is 6.02. The lowest BCUT2D eigenvalue weighted by atomic mass is 10.0. The van der Waals surface area contributed by atoms with Crippen LogP contribution in [0.25, 0.3) is 32.6 Å². The molecule has 3 aromatic carbocycles. The van der Waals surface area contributed by atoms with Crippen LogP contribution in [0, 0.1) is 0 Å². The van der Waals surface area contributed by atoms with Gasteiger partial charge < -0.3 is 9.30 Å². The van der Waals surface area contributed by atoms with Crippen LogP contribution in [0.2, 0.25) is 0 Å². The number of fused-ring (bicyclic) bond motifs is 3. The Hall–Kier alpha value is -3.14. The number of nitrogens with zero attached hydrogens (tertiary/aromatic N) is 1. The number of hydrogen-bond acceptors (Lipinski definition) is 3. The van der Waals surface area contributed by atoms with E-state index in [9.17, 15) is 9.59 Å². The quantitative estimate of drug-likeness (QED) is 0.423. The van der Waals surface area contributed by atoms with E-state index in [0.29, 0.717) is 17.4 Å². The fourth-order valence-corrected chi connectivity index (χ4v) is 3.32. The van der Waals surface area contributed by atoms with Crippen LogP contribution in [-0.2, 0) is 16.1 Å². The number of hydrogen-bond donors (Lipinski definition) is 0. The first-order valence-electron chi connectivity index (χ1n) is 8.28. The van der Waals surface area contributed by atoms with Gasteiger partial charge in [-0.15, -0.1) is 0 Å². The van der Waals surface area contributed by atoms with E-state index in [1.54, 1.807) is 13.0 Å². The first-order valence-corrected chi connectivity index (χ1v) is 8.28. The van der Waals surface area contributed by atoms with Gasteiger partial charge in [-0.1, -0.05) is 36.4 Å². The third-order valence-corrected chi connectivity index (χ3v) is 4.43. The number of aromatic nitrogens is 1. The maximum atomic E-state index is 13.0. The first-order chi connectivity index (χ1) is 12.2. The summed E-state index contributed by atoms with van der Waals surface area (Å²) < 4.78 is 6.99. The molecule has 0 aliphatic rings. The Balaban J connectivity index is 2.13. The van der Waals surface area contributed by atoms with Crippen molar-refractivity contribution < 1.29 is 9.53 Å². The van der Waals surface area contributed by atoms with Crippen molar-refractivity contribution in [1.82, 2.24) is 4.57 Å². The highest BCUT2D eigenvalue weighted by Gasteiger charge is 2.14. The van der Waals surface area contributed by atoms with Gasteiger partial charge >= 0.3 is 5.97 Å². The number of carbonyl (C=O) groups is 1. The Kier molecular flexibility index (Phi) is 3.73. The Morgan fingerprint density at radius 2 is 1.60 bits per heavy atom. The summed E-state index contributed by atoms with van der Waals surface area (Å²) >= 11 is 0. The van der Waals surface area contributed by atoms with E-state index in [1.807, 2.05) is 59.2 Å². The second-order valence-corrected chi connectivity index (χ2v) is 5.95. The molecule has 0 saturated carbocycles. The minimum absolute atomic E-state index is 0.0172. The molecule has 0 spiro atoms. The van der Waals surface area contributed by atoms with Crippen molar-refractivity contribution in [2.24, 2.45) is 0 Å². The lowest BCUT2D eigenvalue weighted by Crippen LogP contribution is -2.18. The molecule has 0 aliphatic heterocycles. The summed E-state index contributed by atoms with van der Waals surface area (Å²) in [5.41, 5.74) is 1.47. The van der Waals surface area contributed by atoms with Gasteiger partial charge in [0.2, 0.25) is 0 Å². The Labute approximate surface area is 144 Å². The predicted molar refractivity (Wildman–Crippen MR) is 99.9 cm³/mol. The molecule has 0 aliphatic carbocycles. The largest absolute Gasteiger partial charge is 0.465 e. The van der Waals surface area contributed by atoms with E-state index in [2.05, 4.69) is 0 Å². The van der Waals surface area contributed by atoms with Gasteiger partial charge in [0.05, 0.1) is 17.6 Å². The fourth-order valence-electron chi connectivity index (χ4n) is 3.32. The number of pyridine rings is 1. The van der Waals surface area contributed by atoms with Crippen molar-refractivity contribution in [2.75, 3.05) is 6.61 Å². The molecule has 1 aromatic heterocycles. The van der Waals surface area contributed by atoms with Crippen molar-refractivity contribution in [3.63, 3.8) is 0 Å². The second kappa shape index (κ2) is 6.06. The molecule has 0 atom stereocenters.